The lowest BCUT2D eigenvalue weighted by Gasteiger charge is -2.02. The van der Waals surface area contributed by atoms with Gasteiger partial charge in [0.2, 0.25) is 5.13 Å². The summed E-state index contributed by atoms with van der Waals surface area (Å²) >= 11 is 1.45. The molecule has 0 aliphatic carbocycles. The Labute approximate surface area is 131 Å². The number of aromatic nitrogens is 3. The van der Waals surface area contributed by atoms with Gasteiger partial charge in [-0.25, -0.2) is 14.5 Å². The Morgan fingerprint density at radius 3 is 2.68 bits per heavy atom. The number of rotatable bonds is 4. The Morgan fingerprint density at radius 2 is 2.05 bits per heavy atom. The minimum Gasteiger partial charge on any atom is -0.478 e. The molecule has 0 saturated heterocycles. The van der Waals surface area contributed by atoms with Crippen molar-refractivity contribution in [1.29, 1.82) is 0 Å². The van der Waals surface area contributed by atoms with E-state index in [4.69, 9.17) is 0 Å². The van der Waals surface area contributed by atoms with E-state index in [1.54, 1.807) is 4.68 Å². The first-order valence-corrected chi connectivity index (χ1v) is 7.81. The van der Waals surface area contributed by atoms with E-state index in [2.05, 4.69) is 10.1 Å². The van der Waals surface area contributed by atoms with Crippen LogP contribution in [0.1, 0.15) is 28.5 Å². The highest BCUT2D eigenvalue weighted by Gasteiger charge is 2.18. The number of thiazole rings is 1. The molecule has 0 saturated carbocycles. The smallest absolute Gasteiger partial charge is 0.339 e. The summed E-state index contributed by atoms with van der Waals surface area (Å²) in [4.78, 5) is 15.8. The van der Waals surface area contributed by atoms with Crippen molar-refractivity contribution in [3.63, 3.8) is 0 Å². The summed E-state index contributed by atoms with van der Waals surface area (Å²) in [6.45, 7) is 3.95. The Bertz CT molecular complexity index is 818. The molecule has 0 unspecified atom stereocenters. The van der Waals surface area contributed by atoms with E-state index in [0.29, 0.717) is 17.2 Å². The van der Waals surface area contributed by atoms with Crippen LogP contribution in [0, 0.1) is 6.92 Å². The second kappa shape index (κ2) is 5.73. The van der Waals surface area contributed by atoms with Crippen LogP contribution in [0.5, 0.6) is 0 Å². The Hall–Kier alpha value is -2.47. The molecule has 6 heteroatoms. The van der Waals surface area contributed by atoms with Gasteiger partial charge in [-0.1, -0.05) is 36.8 Å². The molecule has 0 amide bonds. The predicted octanol–water partition coefficient (Wildman–Crippen LogP) is 3.56. The second-order valence-electron chi connectivity index (χ2n) is 4.96. The van der Waals surface area contributed by atoms with Crippen molar-refractivity contribution in [1.82, 2.24) is 14.8 Å². The Kier molecular flexibility index (Phi) is 3.77. The summed E-state index contributed by atoms with van der Waals surface area (Å²) in [5, 5.41) is 16.0. The fraction of sp³-hybridized carbons (Fsp3) is 0.188. The lowest BCUT2D eigenvalue weighted by Crippen LogP contribution is -2.05. The van der Waals surface area contributed by atoms with Crippen LogP contribution in [0.25, 0.3) is 16.4 Å². The summed E-state index contributed by atoms with van der Waals surface area (Å²) in [6, 6.07) is 8.14. The van der Waals surface area contributed by atoms with Gasteiger partial charge in [0.15, 0.2) is 0 Å². The van der Waals surface area contributed by atoms with Crippen molar-refractivity contribution in [3.8, 4) is 16.4 Å². The van der Waals surface area contributed by atoms with Crippen molar-refractivity contribution >= 4 is 17.3 Å². The van der Waals surface area contributed by atoms with E-state index < -0.39 is 5.97 Å². The van der Waals surface area contributed by atoms with Gasteiger partial charge in [-0.15, -0.1) is 11.3 Å². The molecule has 3 aromatic rings. The number of carbonyl (C=O) groups is 1. The molecule has 2 heterocycles. The van der Waals surface area contributed by atoms with E-state index in [1.165, 1.54) is 23.1 Å². The molecule has 3 rings (SSSR count). The first-order valence-electron chi connectivity index (χ1n) is 6.93. The molecule has 0 bridgehead atoms. The van der Waals surface area contributed by atoms with Gasteiger partial charge in [-0.2, -0.15) is 5.10 Å². The minimum atomic E-state index is -0.960. The van der Waals surface area contributed by atoms with Crippen molar-refractivity contribution in [2.45, 2.75) is 20.3 Å². The number of aryl methyl sites for hydroxylation is 1. The third-order valence-corrected chi connectivity index (χ3v) is 4.27. The normalized spacial score (nSPS) is 10.8. The number of carboxylic acids is 1. The summed E-state index contributed by atoms with van der Waals surface area (Å²) in [5.74, 6) is -0.960. The zero-order chi connectivity index (χ0) is 15.7. The lowest BCUT2D eigenvalue weighted by molar-refractivity contribution is 0.0695. The Morgan fingerprint density at radius 1 is 1.32 bits per heavy atom. The van der Waals surface area contributed by atoms with E-state index >= 15 is 0 Å². The maximum absolute atomic E-state index is 11.2. The standard InChI is InChI=1S/C16H15N3O2S/c1-3-14-12(15(20)21)8-17-19(14)16-18-13(9-22-16)11-6-4-10(2)5-7-11/h4-9H,3H2,1-2H3,(H,20,21). The molecule has 1 N–H and O–H groups in total. The third-order valence-electron chi connectivity index (χ3n) is 3.45. The van der Waals surface area contributed by atoms with Crippen molar-refractivity contribution in [2.75, 3.05) is 0 Å². The van der Waals surface area contributed by atoms with Gasteiger partial charge in [-0.05, 0) is 13.3 Å². The van der Waals surface area contributed by atoms with Crippen LogP contribution in [0.15, 0.2) is 35.8 Å². The highest BCUT2D eigenvalue weighted by molar-refractivity contribution is 7.12. The molecule has 0 fully saturated rings. The average molecular weight is 313 g/mol. The number of hydrogen-bond donors (Lipinski definition) is 1. The number of benzene rings is 1. The molecule has 0 radical (unpaired) electrons. The largest absolute Gasteiger partial charge is 0.478 e. The van der Waals surface area contributed by atoms with E-state index in [-0.39, 0.29) is 5.56 Å². The molecule has 2 aromatic heterocycles. The highest BCUT2D eigenvalue weighted by Crippen LogP contribution is 2.25. The first kappa shape index (κ1) is 14.5. The van der Waals surface area contributed by atoms with Crippen LogP contribution < -0.4 is 0 Å². The summed E-state index contributed by atoms with van der Waals surface area (Å²) in [7, 11) is 0. The van der Waals surface area contributed by atoms with Gasteiger partial charge in [0, 0.05) is 10.9 Å². The maximum Gasteiger partial charge on any atom is 0.339 e. The molecular formula is C16H15N3O2S. The number of hydrogen-bond acceptors (Lipinski definition) is 4. The third kappa shape index (κ3) is 2.53. The molecule has 1 aromatic carbocycles. The van der Waals surface area contributed by atoms with Crippen LogP contribution in [-0.2, 0) is 6.42 Å². The van der Waals surface area contributed by atoms with Crippen LogP contribution in [0.4, 0.5) is 0 Å². The zero-order valence-electron chi connectivity index (χ0n) is 12.3. The van der Waals surface area contributed by atoms with Crippen LogP contribution in [0.3, 0.4) is 0 Å². The van der Waals surface area contributed by atoms with E-state index in [0.717, 1.165) is 11.3 Å². The number of aromatic carboxylic acids is 1. The summed E-state index contributed by atoms with van der Waals surface area (Å²) in [6.07, 6.45) is 1.97. The van der Waals surface area contributed by atoms with Gasteiger partial charge >= 0.3 is 5.97 Å². The van der Waals surface area contributed by atoms with E-state index in [9.17, 15) is 9.90 Å². The lowest BCUT2D eigenvalue weighted by atomic mass is 10.1. The van der Waals surface area contributed by atoms with Crippen molar-refractivity contribution < 1.29 is 9.90 Å². The topological polar surface area (TPSA) is 68.0 Å². The van der Waals surface area contributed by atoms with Crippen LogP contribution >= 0.6 is 11.3 Å². The molecule has 0 aliphatic rings. The predicted molar refractivity (Wildman–Crippen MR) is 85.7 cm³/mol. The molecule has 0 atom stereocenters. The molecule has 112 valence electrons. The van der Waals surface area contributed by atoms with Crippen LogP contribution in [0.2, 0.25) is 0 Å². The van der Waals surface area contributed by atoms with Crippen LogP contribution in [-0.4, -0.2) is 25.8 Å². The minimum absolute atomic E-state index is 0.231. The fourth-order valence-corrected chi connectivity index (χ4v) is 3.09. The van der Waals surface area contributed by atoms with Gasteiger partial charge in [0.1, 0.15) is 5.56 Å². The fourth-order valence-electron chi connectivity index (χ4n) is 2.28. The average Bonchev–Trinajstić information content (AvgIpc) is 3.14. The number of nitrogens with zero attached hydrogens (tertiary/aromatic N) is 3. The van der Waals surface area contributed by atoms with Crippen molar-refractivity contribution in [2.24, 2.45) is 0 Å². The van der Waals surface area contributed by atoms with Gasteiger partial charge in [-0.3, -0.25) is 0 Å². The van der Waals surface area contributed by atoms with Gasteiger partial charge < -0.3 is 5.11 Å². The summed E-state index contributed by atoms with van der Waals surface area (Å²) in [5.41, 5.74) is 4.00. The quantitative estimate of drug-likeness (QED) is 0.799. The molecular weight excluding hydrogens is 298 g/mol. The highest BCUT2D eigenvalue weighted by atomic mass is 32.1. The monoisotopic (exact) mass is 313 g/mol. The molecule has 0 aliphatic heterocycles. The second-order valence-corrected chi connectivity index (χ2v) is 5.79. The number of carboxylic acid groups (broad SMARTS) is 1. The molecule has 22 heavy (non-hydrogen) atoms. The Balaban J connectivity index is 2.01. The first-order chi connectivity index (χ1) is 10.6. The maximum atomic E-state index is 11.2. The summed E-state index contributed by atoms with van der Waals surface area (Å²) < 4.78 is 1.62. The SMILES string of the molecule is CCc1c(C(=O)O)cnn1-c1nc(-c2ccc(C)cc2)cs1. The molecule has 0 spiro atoms. The van der Waals surface area contributed by atoms with Gasteiger partial charge in [0.25, 0.3) is 0 Å². The zero-order valence-corrected chi connectivity index (χ0v) is 13.1. The van der Waals surface area contributed by atoms with Gasteiger partial charge in [0.05, 0.1) is 17.6 Å². The van der Waals surface area contributed by atoms with E-state index in [1.807, 2.05) is 43.5 Å². The molecule has 5 nitrogen and oxygen atoms in total. The van der Waals surface area contributed by atoms with Crippen molar-refractivity contribution in [3.05, 3.63) is 52.7 Å².